The van der Waals surface area contributed by atoms with Gasteiger partial charge in [0.1, 0.15) is 11.5 Å². The molecule has 2 aromatic carbocycles. The second kappa shape index (κ2) is 7.95. The molecule has 0 unspecified atom stereocenters. The van der Waals surface area contributed by atoms with Crippen LogP contribution >= 0.6 is 0 Å². The highest BCUT2D eigenvalue weighted by Gasteiger charge is 2.10. The molecule has 1 amide bonds. The number of methoxy groups -OCH3 is 2. The van der Waals surface area contributed by atoms with E-state index in [1.165, 1.54) is 0 Å². The Morgan fingerprint density at radius 1 is 1.07 bits per heavy atom. The van der Waals surface area contributed by atoms with Gasteiger partial charge in [0, 0.05) is 22.9 Å². The van der Waals surface area contributed by atoms with E-state index in [1.54, 1.807) is 32.4 Å². The second-order valence-corrected chi connectivity index (χ2v) is 6.33. The molecule has 0 atom stereocenters. The van der Waals surface area contributed by atoms with Crippen molar-refractivity contribution in [3.8, 4) is 11.5 Å². The lowest BCUT2D eigenvalue weighted by atomic mass is 10.1. The Morgan fingerprint density at radius 3 is 2.63 bits per heavy atom. The molecule has 0 spiro atoms. The summed E-state index contributed by atoms with van der Waals surface area (Å²) in [5.74, 6) is 1.14. The van der Waals surface area contributed by atoms with Crippen molar-refractivity contribution in [1.29, 1.82) is 0 Å². The number of aryl methyl sites for hydroxylation is 2. The molecule has 0 radical (unpaired) electrons. The zero-order chi connectivity index (χ0) is 19.4. The number of fused-ring (bicyclic) bond motifs is 1. The van der Waals surface area contributed by atoms with Gasteiger partial charge in [-0.05, 0) is 55.3 Å². The van der Waals surface area contributed by atoms with E-state index in [1.807, 2.05) is 31.2 Å². The fourth-order valence-electron chi connectivity index (χ4n) is 2.92. The van der Waals surface area contributed by atoms with Crippen LogP contribution in [0.2, 0.25) is 0 Å². The lowest BCUT2D eigenvalue weighted by Crippen LogP contribution is -2.17. The molecule has 6 nitrogen and oxygen atoms in total. The number of carbonyl (C=O) groups excluding carboxylic acids is 1. The van der Waals surface area contributed by atoms with Crippen LogP contribution in [0.4, 0.5) is 5.69 Å². The summed E-state index contributed by atoms with van der Waals surface area (Å²) < 4.78 is 10.5. The zero-order valence-corrected chi connectivity index (χ0v) is 15.6. The van der Waals surface area contributed by atoms with Gasteiger partial charge >= 0.3 is 0 Å². The van der Waals surface area contributed by atoms with E-state index in [4.69, 9.17) is 9.47 Å². The van der Waals surface area contributed by atoms with Gasteiger partial charge in [-0.25, -0.2) is 0 Å². The average Bonchev–Trinajstić information content (AvgIpc) is 2.66. The third-order valence-corrected chi connectivity index (χ3v) is 4.38. The first-order valence-corrected chi connectivity index (χ1v) is 8.64. The van der Waals surface area contributed by atoms with Crippen molar-refractivity contribution in [2.24, 2.45) is 0 Å². The maximum Gasteiger partial charge on any atom is 0.251 e. The molecule has 0 fully saturated rings. The van der Waals surface area contributed by atoms with Crippen LogP contribution in [-0.2, 0) is 11.2 Å². The van der Waals surface area contributed by atoms with Crippen molar-refractivity contribution in [2.75, 3.05) is 19.5 Å². The van der Waals surface area contributed by atoms with Crippen LogP contribution in [0, 0.1) is 6.92 Å². The number of amides is 1. The van der Waals surface area contributed by atoms with Gasteiger partial charge in [-0.2, -0.15) is 0 Å². The Bertz CT molecular complexity index is 1040. The molecule has 2 N–H and O–H groups in total. The van der Waals surface area contributed by atoms with Crippen LogP contribution < -0.4 is 20.3 Å². The van der Waals surface area contributed by atoms with E-state index in [0.717, 1.165) is 16.5 Å². The molecule has 0 saturated carbocycles. The molecular formula is C21H22N2O4. The number of H-pyrrole nitrogens is 1. The molecule has 0 saturated heterocycles. The SMILES string of the molecule is COc1ccc2[nH]c(=O)c(CCC(=O)Nc3cc(C)ccc3OC)cc2c1. The molecule has 6 heteroatoms. The number of aromatic amines is 1. The predicted octanol–water partition coefficient (Wildman–Crippen LogP) is 3.43. The van der Waals surface area contributed by atoms with E-state index in [-0.39, 0.29) is 17.9 Å². The summed E-state index contributed by atoms with van der Waals surface area (Å²) in [7, 11) is 3.15. The van der Waals surface area contributed by atoms with Crippen molar-refractivity contribution in [2.45, 2.75) is 19.8 Å². The molecule has 0 aliphatic carbocycles. The topological polar surface area (TPSA) is 80.4 Å². The van der Waals surface area contributed by atoms with Gasteiger partial charge in [-0.1, -0.05) is 6.07 Å². The largest absolute Gasteiger partial charge is 0.497 e. The first-order valence-electron chi connectivity index (χ1n) is 8.64. The maximum atomic E-state index is 12.3. The maximum absolute atomic E-state index is 12.3. The standard InChI is InChI=1S/C21H22N2O4/c1-13-4-8-19(27-3)18(10-13)22-20(24)9-5-14-11-15-12-16(26-2)6-7-17(15)23-21(14)25/h4,6-8,10-12H,5,9H2,1-3H3,(H,22,24)(H,23,25). The summed E-state index contributed by atoms with van der Waals surface area (Å²) in [6, 6.07) is 12.8. The number of benzene rings is 2. The molecule has 1 heterocycles. The summed E-state index contributed by atoms with van der Waals surface area (Å²) in [5.41, 5.74) is 2.75. The molecule has 140 valence electrons. The molecule has 0 bridgehead atoms. The lowest BCUT2D eigenvalue weighted by Gasteiger charge is -2.11. The second-order valence-electron chi connectivity index (χ2n) is 6.33. The van der Waals surface area contributed by atoms with Crippen molar-refractivity contribution in [3.63, 3.8) is 0 Å². The Kier molecular flexibility index (Phi) is 5.45. The molecule has 27 heavy (non-hydrogen) atoms. The normalized spacial score (nSPS) is 10.6. The van der Waals surface area contributed by atoms with Crippen LogP contribution in [0.1, 0.15) is 17.5 Å². The minimum absolute atomic E-state index is 0.177. The number of ether oxygens (including phenoxy) is 2. The summed E-state index contributed by atoms with van der Waals surface area (Å²) >= 11 is 0. The van der Waals surface area contributed by atoms with E-state index in [9.17, 15) is 9.59 Å². The van der Waals surface area contributed by atoms with Gasteiger partial charge < -0.3 is 19.8 Å². The van der Waals surface area contributed by atoms with Crippen molar-refractivity contribution < 1.29 is 14.3 Å². The minimum atomic E-state index is -0.186. The van der Waals surface area contributed by atoms with E-state index >= 15 is 0 Å². The number of hydrogen-bond acceptors (Lipinski definition) is 4. The van der Waals surface area contributed by atoms with Gasteiger partial charge in [-0.3, -0.25) is 9.59 Å². The highest BCUT2D eigenvalue weighted by Crippen LogP contribution is 2.25. The minimum Gasteiger partial charge on any atom is -0.497 e. The van der Waals surface area contributed by atoms with Crippen molar-refractivity contribution >= 4 is 22.5 Å². The Morgan fingerprint density at radius 2 is 1.89 bits per heavy atom. The predicted molar refractivity (Wildman–Crippen MR) is 106 cm³/mol. The first kappa shape index (κ1) is 18.5. The van der Waals surface area contributed by atoms with Crippen LogP contribution in [0.3, 0.4) is 0 Å². The number of anilines is 1. The van der Waals surface area contributed by atoms with E-state index in [0.29, 0.717) is 29.2 Å². The molecule has 0 aliphatic heterocycles. The summed E-state index contributed by atoms with van der Waals surface area (Å²) in [5, 5.41) is 3.72. The van der Waals surface area contributed by atoms with E-state index < -0.39 is 0 Å². The Labute approximate surface area is 157 Å². The zero-order valence-electron chi connectivity index (χ0n) is 15.6. The first-order chi connectivity index (χ1) is 13.0. The monoisotopic (exact) mass is 366 g/mol. The van der Waals surface area contributed by atoms with Gasteiger partial charge in [0.05, 0.1) is 19.9 Å². The van der Waals surface area contributed by atoms with Gasteiger partial charge in [0.15, 0.2) is 0 Å². The number of carbonyl (C=O) groups is 1. The summed E-state index contributed by atoms with van der Waals surface area (Å²) in [6.07, 6.45) is 0.526. The number of nitrogens with one attached hydrogen (secondary N) is 2. The number of hydrogen-bond donors (Lipinski definition) is 2. The van der Waals surface area contributed by atoms with Crippen molar-refractivity contribution in [1.82, 2.24) is 4.98 Å². The highest BCUT2D eigenvalue weighted by atomic mass is 16.5. The lowest BCUT2D eigenvalue weighted by molar-refractivity contribution is -0.116. The summed E-state index contributed by atoms with van der Waals surface area (Å²) in [6.45, 7) is 1.94. The number of pyridine rings is 1. The molecule has 0 aliphatic rings. The highest BCUT2D eigenvalue weighted by molar-refractivity contribution is 5.92. The Hall–Kier alpha value is -3.28. The van der Waals surface area contributed by atoms with Crippen LogP contribution in [0.15, 0.2) is 47.3 Å². The molecule has 3 aromatic rings. The van der Waals surface area contributed by atoms with Crippen LogP contribution in [0.25, 0.3) is 10.9 Å². The van der Waals surface area contributed by atoms with Gasteiger partial charge in [-0.15, -0.1) is 0 Å². The van der Waals surface area contributed by atoms with Crippen LogP contribution in [0.5, 0.6) is 11.5 Å². The van der Waals surface area contributed by atoms with Crippen LogP contribution in [-0.4, -0.2) is 25.1 Å². The number of aromatic nitrogens is 1. The smallest absolute Gasteiger partial charge is 0.251 e. The fourth-order valence-corrected chi connectivity index (χ4v) is 2.92. The Balaban J connectivity index is 1.74. The third kappa shape index (κ3) is 4.28. The molecular weight excluding hydrogens is 344 g/mol. The van der Waals surface area contributed by atoms with E-state index in [2.05, 4.69) is 10.3 Å². The molecule has 3 rings (SSSR count). The van der Waals surface area contributed by atoms with Gasteiger partial charge in [0.2, 0.25) is 5.91 Å². The average molecular weight is 366 g/mol. The fraction of sp³-hybridized carbons (Fsp3) is 0.238. The number of rotatable bonds is 6. The van der Waals surface area contributed by atoms with Crippen molar-refractivity contribution in [3.05, 3.63) is 63.9 Å². The summed E-state index contributed by atoms with van der Waals surface area (Å²) in [4.78, 5) is 27.5. The van der Waals surface area contributed by atoms with Gasteiger partial charge in [0.25, 0.3) is 5.56 Å². The quantitative estimate of drug-likeness (QED) is 0.700. The third-order valence-electron chi connectivity index (χ3n) is 4.38. The molecule has 1 aromatic heterocycles.